The molecule has 14 heteroatoms. The molecule has 0 saturated heterocycles. The van der Waals surface area contributed by atoms with Gasteiger partial charge in [0.15, 0.2) is 11.7 Å². The predicted molar refractivity (Wildman–Crippen MR) is 130 cm³/mol. The minimum absolute atomic E-state index is 0.000525. The number of carboxylic acid groups (broad SMARTS) is 1. The van der Waals surface area contributed by atoms with Crippen LogP contribution in [0.25, 0.3) is 0 Å². The summed E-state index contributed by atoms with van der Waals surface area (Å²) in [6, 6.07) is 1.36. The molecule has 2 unspecified atom stereocenters. The number of aliphatic carboxylic acids is 1. The molecule has 36 heavy (non-hydrogen) atoms. The topological polar surface area (TPSA) is 189 Å². The first-order valence-electron chi connectivity index (χ1n) is 10.7. The Balaban J connectivity index is 1.63. The maximum atomic E-state index is 12.6. The van der Waals surface area contributed by atoms with Gasteiger partial charge in [0.1, 0.15) is 5.75 Å². The van der Waals surface area contributed by atoms with Gasteiger partial charge in [0.05, 0.1) is 43.1 Å². The molecule has 3 rings (SSSR count). The third kappa shape index (κ3) is 7.44. The molecule has 1 aliphatic heterocycles. The molecule has 1 heterocycles. The first kappa shape index (κ1) is 27.0. The van der Waals surface area contributed by atoms with E-state index in [1.165, 1.54) is 18.2 Å². The molecule has 0 radical (unpaired) electrons. The van der Waals surface area contributed by atoms with E-state index in [0.717, 1.165) is 6.08 Å². The van der Waals surface area contributed by atoms with Crippen LogP contribution in [0, 0.1) is 0 Å². The number of nitrogens with zero attached hydrogens (tertiary/aromatic N) is 1. The van der Waals surface area contributed by atoms with Crippen molar-refractivity contribution in [2.45, 2.75) is 25.0 Å². The van der Waals surface area contributed by atoms with E-state index in [1.807, 2.05) is 0 Å². The Morgan fingerprint density at radius 2 is 1.97 bits per heavy atom. The highest BCUT2D eigenvalue weighted by Crippen LogP contribution is 2.36. The monoisotopic (exact) mass is 539 g/mol. The van der Waals surface area contributed by atoms with Crippen LogP contribution in [-0.4, -0.2) is 70.6 Å². The summed E-state index contributed by atoms with van der Waals surface area (Å²) in [7, 11) is 0. The molecule has 0 fully saturated rings. The van der Waals surface area contributed by atoms with Crippen LogP contribution >= 0.6 is 23.2 Å². The number of ketones is 1. The molecule has 2 aliphatic rings. The van der Waals surface area contributed by atoms with E-state index in [4.69, 9.17) is 23.2 Å². The standard InChI is InChI=1S/C22H23Cl2N5O7/c23-11-3-15(20(35)16(24)4-11)17(6-19(33)34)29-18(32)9-25-21(36)10-1-12(5-13(30)2-10)28-22-26-7-14(31)8-27-22/h1-4,14,17,31,35H,5-9H2,(H,25,36)(H,29,32)(H,33,34)(H2,26,27,28). The smallest absolute Gasteiger partial charge is 0.305 e. The molecule has 1 aromatic carbocycles. The summed E-state index contributed by atoms with van der Waals surface area (Å²) in [5, 5.41) is 39.5. The molecule has 0 saturated carbocycles. The zero-order valence-electron chi connectivity index (χ0n) is 18.7. The molecular weight excluding hydrogens is 517 g/mol. The number of β-amino-alcohol motifs (C(OH)–C–C–N with tert-alkyl or cyclic N) is 1. The molecule has 192 valence electrons. The second kappa shape index (κ2) is 11.9. The summed E-state index contributed by atoms with van der Waals surface area (Å²) in [5.41, 5.74) is 0.398. The normalized spacial score (nSPS) is 18.1. The number of hydrogen-bond acceptors (Lipinski definition) is 9. The molecule has 1 aliphatic carbocycles. The number of carbonyl (C=O) groups excluding carboxylic acids is 3. The van der Waals surface area contributed by atoms with Crippen molar-refractivity contribution in [2.75, 3.05) is 19.6 Å². The fourth-order valence-corrected chi connectivity index (χ4v) is 3.95. The fourth-order valence-electron chi connectivity index (χ4n) is 3.44. The van der Waals surface area contributed by atoms with Gasteiger partial charge in [-0.1, -0.05) is 23.2 Å². The summed E-state index contributed by atoms with van der Waals surface area (Å²) in [4.78, 5) is 52.5. The Labute approximate surface area is 215 Å². The van der Waals surface area contributed by atoms with Crippen LogP contribution in [0.5, 0.6) is 5.75 Å². The summed E-state index contributed by atoms with van der Waals surface area (Å²) in [5.74, 6) is -3.15. The van der Waals surface area contributed by atoms with Crippen molar-refractivity contribution in [1.29, 1.82) is 0 Å². The number of allylic oxidation sites excluding steroid dienone is 2. The average molecular weight is 540 g/mol. The third-order valence-electron chi connectivity index (χ3n) is 5.07. The Hall–Kier alpha value is -3.61. The highest BCUT2D eigenvalue weighted by Gasteiger charge is 2.24. The van der Waals surface area contributed by atoms with Crippen molar-refractivity contribution < 1.29 is 34.5 Å². The highest BCUT2D eigenvalue weighted by atomic mass is 35.5. The molecule has 2 amide bonds. The van der Waals surface area contributed by atoms with Crippen LogP contribution in [0.2, 0.25) is 10.0 Å². The number of carbonyl (C=O) groups is 4. The number of phenols is 1. The Kier molecular flexibility index (Phi) is 8.91. The van der Waals surface area contributed by atoms with Crippen LogP contribution in [0.15, 0.2) is 40.5 Å². The number of phenolic OH excluding ortho intramolecular Hbond substituents is 1. The van der Waals surface area contributed by atoms with Gasteiger partial charge in [-0.3, -0.25) is 24.2 Å². The number of amides is 2. The number of aliphatic imine (C=N–C) groups is 1. The van der Waals surface area contributed by atoms with E-state index in [9.17, 15) is 34.5 Å². The van der Waals surface area contributed by atoms with Gasteiger partial charge in [0, 0.05) is 28.4 Å². The lowest BCUT2D eigenvalue weighted by Crippen LogP contribution is -2.46. The Morgan fingerprint density at radius 3 is 2.64 bits per heavy atom. The van der Waals surface area contributed by atoms with E-state index in [2.05, 4.69) is 26.3 Å². The molecular formula is C22H23Cl2N5O7. The minimum Gasteiger partial charge on any atom is -0.506 e. The lowest BCUT2D eigenvalue weighted by atomic mass is 10.0. The van der Waals surface area contributed by atoms with E-state index in [1.54, 1.807) is 0 Å². The van der Waals surface area contributed by atoms with Crippen LogP contribution in [0.4, 0.5) is 0 Å². The quantitative estimate of drug-likeness (QED) is 0.241. The second-order valence-corrected chi connectivity index (χ2v) is 8.83. The van der Waals surface area contributed by atoms with Crippen molar-refractivity contribution in [2.24, 2.45) is 4.99 Å². The highest BCUT2D eigenvalue weighted by molar-refractivity contribution is 6.35. The van der Waals surface area contributed by atoms with Gasteiger partial charge in [0.25, 0.3) is 5.91 Å². The van der Waals surface area contributed by atoms with Crippen LogP contribution in [0.1, 0.15) is 24.4 Å². The molecule has 0 spiro atoms. The van der Waals surface area contributed by atoms with E-state index in [0.29, 0.717) is 11.7 Å². The predicted octanol–water partition coefficient (Wildman–Crippen LogP) is 0.140. The summed E-state index contributed by atoms with van der Waals surface area (Å²) < 4.78 is 0. The van der Waals surface area contributed by atoms with Gasteiger partial charge in [-0.2, -0.15) is 0 Å². The maximum absolute atomic E-state index is 12.6. The van der Waals surface area contributed by atoms with Gasteiger partial charge in [-0.25, -0.2) is 0 Å². The Morgan fingerprint density at radius 1 is 1.22 bits per heavy atom. The van der Waals surface area contributed by atoms with Crippen molar-refractivity contribution in [3.05, 3.63) is 51.2 Å². The first-order chi connectivity index (χ1) is 17.0. The number of nitrogens with one attached hydrogen (secondary N) is 4. The summed E-state index contributed by atoms with van der Waals surface area (Å²) in [6.45, 7) is -0.0669. The first-order valence-corrected chi connectivity index (χ1v) is 11.4. The lowest BCUT2D eigenvalue weighted by Gasteiger charge is -2.22. The summed E-state index contributed by atoms with van der Waals surface area (Å²) in [6.07, 6.45) is 1.37. The van der Waals surface area contributed by atoms with Crippen LogP contribution in [-0.2, 0) is 19.2 Å². The van der Waals surface area contributed by atoms with Gasteiger partial charge < -0.3 is 36.6 Å². The zero-order valence-corrected chi connectivity index (χ0v) is 20.2. The van der Waals surface area contributed by atoms with Crippen LogP contribution < -0.4 is 21.3 Å². The third-order valence-corrected chi connectivity index (χ3v) is 5.58. The molecule has 7 N–H and O–H groups in total. The minimum atomic E-state index is -1.26. The number of guanidine groups is 1. The van der Waals surface area contributed by atoms with Crippen molar-refractivity contribution >= 4 is 52.7 Å². The van der Waals surface area contributed by atoms with Crippen molar-refractivity contribution in [1.82, 2.24) is 21.3 Å². The summed E-state index contributed by atoms with van der Waals surface area (Å²) >= 11 is 11.8. The van der Waals surface area contributed by atoms with E-state index in [-0.39, 0.29) is 46.5 Å². The maximum Gasteiger partial charge on any atom is 0.305 e. The average Bonchev–Trinajstić information content (AvgIpc) is 2.80. The molecule has 0 bridgehead atoms. The number of benzene rings is 1. The second-order valence-electron chi connectivity index (χ2n) is 7.99. The number of rotatable bonds is 8. The van der Waals surface area contributed by atoms with E-state index >= 15 is 0 Å². The van der Waals surface area contributed by atoms with Gasteiger partial charge in [-0.05, 0) is 24.3 Å². The SMILES string of the molecule is O=C(O)CC(NC(=O)CNC(=O)C1=CC(=O)CC(NC2=NCC(O)CN2)=C1)c1cc(Cl)cc(Cl)c1O. The lowest BCUT2D eigenvalue weighted by molar-refractivity contribution is -0.138. The Bertz CT molecular complexity index is 1180. The van der Waals surface area contributed by atoms with Crippen LogP contribution in [0.3, 0.4) is 0 Å². The number of halogens is 2. The molecule has 0 aromatic heterocycles. The number of aliphatic hydroxyl groups is 1. The molecule has 1 aromatic rings. The molecule has 2 atom stereocenters. The number of aliphatic hydroxyl groups excluding tert-OH is 1. The van der Waals surface area contributed by atoms with Gasteiger partial charge in [0.2, 0.25) is 5.91 Å². The largest absolute Gasteiger partial charge is 0.506 e. The van der Waals surface area contributed by atoms with E-state index < -0.39 is 48.6 Å². The van der Waals surface area contributed by atoms with Crippen molar-refractivity contribution in [3.63, 3.8) is 0 Å². The number of hydrogen-bond donors (Lipinski definition) is 7. The zero-order chi connectivity index (χ0) is 26.4. The fraction of sp³-hybridized carbons (Fsp3) is 0.318. The molecule has 12 nitrogen and oxygen atoms in total. The van der Waals surface area contributed by atoms with Gasteiger partial charge in [-0.15, -0.1) is 0 Å². The number of carboxylic acids is 1. The van der Waals surface area contributed by atoms with Crippen molar-refractivity contribution in [3.8, 4) is 5.75 Å². The van der Waals surface area contributed by atoms with Gasteiger partial charge >= 0.3 is 5.97 Å². The number of aromatic hydroxyl groups is 1.